The van der Waals surface area contributed by atoms with Crippen molar-refractivity contribution in [3.8, 4) is 0 Å². The highest BCUT2D eigenvalue weighted by Crippen LogP contribution is 2.24. The quantitative estimate of drug-likeness (QED) is 0.787. The van der Waals surface area contributed by atoms with E-state index in [2.05, 4.69) is 19.9 Å². The standard InChI is InChI=1S/C13H26N4O2S/c1-17-9-5-8-14-13(17)15-10-11-6-3-4-7-12(11)16-20(2,18)19/h11-12,16H,3-10H2,1-2H3,(H,14,15). The molecule has 0 bridgehead atoms. The minimum atomic E-state index is -3.13. The molecule has 2 aliphatic rings. The lowest BCUT2D eigenvalue weighted by atomic mass is 9.85. The maximum absolute atomic E-state index is 11.4. The van der Waals surface area contributed by atoms with Gasteiger partial charge in [0.15, 0.2) is 5.96 Å². The molecule has 6 nitrogen and oxygen atoms in total. The molecule has 1 aliphatic heterocycles. The number of hydrogen-bond acceptors (Lipinski definition) is 5. The van der Waals surface area contributed by atoms with Gasteiger partial charge in [0.2, 0.25) is 10.0 Å². The van der Waals surface area contributed by atoms with Crippen molar-refractivity contribution in [2.24, 2.45) is 10.9 Å². The fraction of sp³-hybridized carbons (Fsp3) is 0.923. The first-order chi connectivity index (χ1) is 9.46. The van der Waals surface area contributed by atoms with Crippen LogP contribution in [0.5, 0.6) is 0 Å². The van der Waals surface area contributed by atoms with E-state index in [1.807, 2.05) is 7.05 Å². The van der Waals surface area contributed by atoms with Crippen molar-refractivity contribution < 1.29 is 8.42 Å². The van der Waals surface area contributed by atoms with Crippen molar-refractivity contribution in [1.82, 2.24) is 14.9 Å². The van der Waals surface area contributed by atoms with Gasteiger partial charge in [0.05, 0.1) is 6.26 Å². The Kier molecular flexibility index (Phi) is 5.26. The summed E-state index contributed by atoms with van der Waals surface area (Å²) in [7, 11) is -1.09. The smallest absolute Gasteiger partial charge is 0.208 e. The molecule has 0 aromatic carbocycles. The lowest BCUT2D eigenvalue weighted by Crippen LogP contribution is -2.49. The number of hydrogen-bond donors (Lipinski definition) is 2. The van der Waals surface area contributed by atoms with E-state index in [1.54, 1.807) is 0 Å². The number of sulfonamides is 1. The highest BCUT2D eigenvalue weighted by atomic mass is 32.2. The monoisotopic (exact) mass is 302 g/mol. The first-order valence-corrected chi connectivity index (χ1v) is 9.31. The Morgan fingerprint density at radius 2 is 2.05 bits per heavy atom. The molecule has 2 unspecified atom stereocenters. The molecule has 7 heteroatoms. The summed E-state index contributed by atoms with van der Waals surface area (Å²) in [4.78, 5) is 6.62. The first kappa shape index (κ1) is 15.6. The fourth-order valence-corrected chi connectivity index (χ4v) is 3.88. The van der Waals surface area contributed by atoms with Crippen LogP contribution in [0, 0.1) is 5.92 Å². The molecule has 2 N–H and O–H groups in total. The summed E-state index contributed by atoms with van der Waals surface area (Å²) in [5, 5.41) is 3.40. The van der Waals surface area contributed by atoms with Gasteiger partial charge >= 0.3 is 0 Å². The Balaban J connectivity index is 1.90. The van der Waals surface area contributed by atoms with Crippen LogP contribution in [0.3, 0.4) is 0 Å². The predicted molar refractivity (Wildman–Crippen MR) is 81.3 cm³/mol. The van der Waals surface area contributed by atoms with Crippen LogP contribution >= 0.6 is 0 Å². The Labute approximate surface area is 122 Å². The van der Waals surface area contributed by atoms with E-state index in [0.717, 1.165) is 51.3 Å². The lowest BCUT2D eigenvalue weighted by Gasteiger charge is -2.33. The van der Waals surface area contributed by atoms with Gasteiger partial charge in [-0.3, -0.25) is 4.99 Å². The molecule has 1 fully saturated rings. The number of rotatable bonds is 4. The average molecular weight is 302 g/mol. The van der Waals surface area contributed by atoms with Crippen LogP contribution in [0.1, 0.15) is 32.1 Å². The topological polar surface area (TPSA) is 73.8 Å². The molecule has 20 heavy (non-hydrogen) atoms. The van der Waals surface area contributed by atoms with Crippen LogP contribution in [0.15, 0.2) is 4.99 Å². The Morgan fingerprint density at radius 1 is 1.30 bits per heavy atom. The zero-order chi connectivity index (χ0) is 14.6. The van der Waals surface area contributed by atoms with Gasteiger partial charge in [-0.1, -0.05) is 12.8 Å². The minimum absolute atomic E-state index is 0.0562. The molecule has 0 aromatic rings. The van der Waals surface area contributed by atoms with Crippen LogP contribution in [-0.2, 0) is 10.0 Å². The molecule has 0 aromatic heterocycles. The molecular weight excluding hydrogens is 276 g/mol. The van der Waals surface area contributed by atoms with E-state index in [0.29, 0.717) is 5.92 Å². The van der Waals surface area contributed by atoms with E-state index in [9.17, 15) is 8.42 Å². The number of nitrogens with one attached hydrogen (secondary N) is 2. The van der Waals surface area contributed by atoms with E-state index < -0.39 is 10.0 Å². The van der Waals surface area contributed by atoms with Crippen LogP contribution in [0.2, 0.25) is 0 Å². The molecule has 1 heterocycles. The van der Waals surface area contributed by atoms with Crippen molar-refractivity contribution >= 4 is 16.0 Å². The largest absolute Gasteiger partial charge is 0.356 e. The van der Waals surface area contributed by atoms with Crippen LogP contribution in [0.4, 0.5) is 0 Å². The van der Waals surface area contributed by atoms with Crippen molar-refractivity contribution in [3.63, 3.8) is 0 Å². The normalized spacial score (nSPS) is 28.1. The van der Waals surface area contributed by atoms with E-state index in [-0.39, 0.29) is 6.04 Å². The molecular formula is C13H26N4O2S. The van der Waals surface area contributed by atoms with Gasteiger partial charge in [0.25, 0.3) is 0 Å². The fourth-order valence-electron chi connectivity index (χ4n) is 3.01. The Hall–Kier alpha value is -0.820. The second kappa shape index (κ2) is 6.76. The molecule has 1 saturated carbocycles. The molecule has 0 amide bonds. The van der Waals surface area contributed by atoms with E-state index >= 15 is 0 Å². The third kappa shape index (κ3) is 4.63. The van der Waals surface area contributed by atoms with E-state index in [1.165, 1.54) is 12.7 Å². The third-order valence-electron chi connectivity index (χ3n) is 4.07. The number of guanidine groups is 1. The molecule has 0 saturated heterocycles. The first-order valence-electron chi connectivity index (χ1n) is 7.42. The Bertz CT molecular complexity index is 449. The molecule has 116 valence electrons. The van der Waals surface area contributed by atoms with Crippen molar-refractivity contribution in [2.75, 3.05) is 32.9 Å². The summed E-state index contributed by atoms with van der Waals surface area (Å²) in [6.07, 6.45) is 6.62. The van der Waals surface area contributed by atoms with Gasteiger partial charge in [-0.2, -0.15) is 0 Å². The van der Waals surface area contributed by atoms with Crippen molar-refractivity contribution in [1.29, 1.82) is 0 Å². The maximum Gasteiger partial charge on any atom is 0.208 e. The summed E-state index contributed by atoms with van der Waals surface area (Å²) in [6.45, 7) is 2.69. The summed E-state index contributed by atoms with van der Waals surface area (Å²) in [5.74, 6) is 1.29. The van der Waals surface area contributed by atoms with Crippen molar-refractivity contribution in [3.05, 3.63) is 0 Å². The zero-order valence-electron chi connectivity index (χ0n) is 12.4. The summed E-state index contributed by atoms with van der Waals surface area (Å²) >= 11 is 0. The highest BCUT2D eigenvalue weighted by molar-refractivity contribution is 7.88. The predicted octanol–water partition coefficient (Wildman–Crippen LogP) is 0.376. The van der Waals surface area contributed by atoms with Crippen molar-refractivity contribution in [2.45, 2.75) is 38.1 Å². The second-order valence-corrected chi connectivity index (χ2v) is 7.68. The van der Waals surface area contributed by atoms with Crippen LogP contribution in [0.25, 0.3) is 0 Å². The van der Waals surface area contributed by atoms with Gasteiger partial charge in [-0.15, -0.1) is 0 Å². The second-order valence-electron chi connectivity index (χ2n) is 5.90. The average Bonchev–Trinajstić information content (AvgIpc) is 2.37. The molecule has 1 aliphatic carbocycles. The summed E-state index contributed by atoms with van der Waals surface area (Å²) in [5.41, 5.74) is 0. The number of nitrogens with zero attached hydrogens (tertiary/aromatic N) is 2. The Morgan fingerprint density at radius 3 is 2.75 bits per heavy atom. The summed E-state index contributed by atoms with van der Waals surface area (Å²) in [6, 6.07) is 0.0562. The molecule has 0 spiro atoms. The van der Waals surface area contributed by atoms with Gasteiger partial charge < -0.3 is 10.2 Å². The van der Waals surface area contributed by atoms with Gasteiger partial charge in [0, 0.05) is 32.7 Å². The molecule has 2 rings (SSSR count). The van der Waals surface area contributed by atoms with E-state index in [4.69, 9.17) is 0 Å². The van der Waals surface area contributed by atoms with Gasteiger partial charge in [-0.05, 0) is 25.2 Å². The van der Waals surface area contributed by atoms with Gasteiger partial charge in [-0.25, -0.2) is 13.1 Å². The molecule has 0 radical (unpaired) electrons. The molecule has 2 atom stereocenters. The number of aliphatic imine (C=N–C) groups is 1. The lowest BCUT2D eigenvalue weighted by molar-refractivity contribution is 0.285. The maximum atomic E-state index is 11.4. The third-order valence-corrected chi connectivity index (χ3v) is 4.80. The zero-order valence-corrected chi connectivity index (χ0v) is 13.2. The van der Waals surface area contributed by atoms with Crippen LogP contribution in [-0.4, -0.2) is 58.3 Å². The SMILES string of the molecule is CN1CCCN=C1NCC1CCCCC1NS(C)(=O)=O. The highest BCUT2D eigenvalue weighted by Gasteiger charge is 2.27. The van der Waals surface area contributed by atoms with Crippen LogP contribution < -0.4 is 10.0 Å². The summed E-state index contributed by atoms with van der Waals surface area (Å²) < 4.78 is 25.7. The van der Waals surface area contributed by atoms with Gasteiger partial charge in [0.1, 0.15) is 0 Å². The minimum Gasteiger partial charge on any atom is -0.356 e.